The van der Waals surface area contributed by atoms with Crippen molar-refractivity contribution in [1.82, 2.24) is 15.3 Å². The van der Waals surface area contributed by atoms with E-state index in [0.717, 1.165) is 5.56 Å². The highest BCUT2D eigenvalue weighted by atomic mass is 19.1. The van der Waals surface area contributed by atoms with E-state index in [4.69, 9.17) is 5.73 Å². The molecular weight excluding hydrogens is 247 g/mol. The van der Waals surface area contributed by atoms with Gasteiger partial charge in [-0.2, -0.15) is 0 Å². The number of benzene rings is 1. The predicted octanol–water partition coefficient (Wildman–Crippen LogP) is 1.23. The van der Waals surface area contributed by atoms with Crippen LogP contribution in [0.5, 0.6) is 0 Å². The van der Waals surface area contributed by atoms with Crippen molar-refractivity contribution in [3.05, 3.63) is 53.1 Å². The number of halogens is 1. The summed E-state index contributed by atoms with van der Waals surface area (Å²) in [4.78, 5) is 19.8. The van der Waals surface area contributed by atoms with Crippen molar-refractivity contribution in [3.8, 4) is 0 Å². The summed E-state index contributed by atoms with van der Waals surface area (Å²) in [6.07, 6.45) is 1.94. The molecular formula is C13H11FN4O. The van der Waals surface area contributed by atoms with Crippen LogP contribution >= 0.6 is 0 Å². The van der Waals surface area contributed by atoms with E-state index in [1.54, 1.807) is 12.1 Å². The number of carbonyl (C=O) groups excluding carboxylic acids is 1. The van der Waals surface area contributed by atoms with Crippen LogP contribution in [-0.2, 0) is 6.42 Å². The number of aromatic nitrogens is 2. The normalized spacial score (nSPS) is 17.7. The quantitative estimate of drug-likeness (QED) is 0.806. The number of nitrogen functional groups attached to an aromatic ring is 1. The number of rotatable bonds is 1. The first-order chi connectivity index (χ1) is 9.13. The second-order valence-electron chi connectivity index (χ2n) is 4.37. The molecule has 1 aliphatic rings. The van der Waals surface area contributed by atoms with Crippen LogP contribution in [-0.4, -0.2) is 15.9 Å². The Morgan fingerprint density at radius 2 is 2.05 bits per heavy atom. The highest BCUT2D eigenvalue weighted by molar-refractivity contribution is 5.96. The summed E-state index contributed by atoms with van der Waals surface area (Å²) in [6.45, 7) is 0. The van der Waals surface area contributed by atoms with Gasteiger partial charge in [-0.05, 0) is 17.7 Å². The zero-order valence-electron chi connectivity index (χ0n) is 9.93. The second-order valence-corrected chi connectivity index (χ2v) is 4.37. The van der Waals surface area contributed by atoms with Crippen LogP contribution in [0.1, 0.15) is 27.7 Å². The summed E-state index contributed by atoms with van der Waals surface area (Å²) in [5.41, 5.74) is 7.41. The van der Waals surface area contributed by atoms with Crippen LogP contribution in [0.4, 0.5) is 10.3 Å². The van der Waals surface area contributed by atoms with Crippen LogP contribution in [0.3, 0.4) is 0 Å². The molecule has 1 aromatic carbocycles. The summed E-state index contributed by atoms with van der Waals surface area (Å²) in [5.74, 6) is -0.403. The molecule has 1 amide bonds. The molecule has 6 heteroatoms. The minimum Gasteiger partial charge on any atom is -0.368 e. The lowest BCUT2D eigenvalue weighted by Crippen LogP contribution is -2.36. The van der Waals surface area contributed by atoms with Crippen molar-refractivity contribution in [2.75, 3.05) is 5.73 Å². The third kappa shape index (κ3) is 2.12. The Kier molecular flexibility index (Phi) is 2.63. The average molecular weight is 258 g/mol. The molecule has 1 atom stereocenters. The van der Waals surface area contributed by atoms with E-state index in [9.17, 15) is 9.18 Å². The largest absolute Gasteiger partial charge is 0.368 e. The van der Waals surface area contributed by atoms with Gasteiger partial charge in [0.1, 0.15) is 5.82 Å². The van der Waals surface area contributed by atoms with Gasteiger partial charge in [-0.25, -0.2) is 14.4 Å². The van der Waals surface area contributed by atoms with Gasteiger partial charge in [0.25, 0.3) is 5.91 Å². The third-order valence-corrected chi connectivity index (χ3v) is 3.11. The number of nitrogens with two attached hydrogens (primary N) is 1. The van der Waals surface area contributed by atoms with E-state index < -0.39 is 0 Å². The third-order valence-electron chi connectivity index (χ3n) is 3.11. The fourth-order valence-corrected chi connectivity index (χ4v) is 2.15. The number of carbonyl (C=O) groups is 1. The molecule has 0 bridgehead atoms. The molecule has 0 spiro atoms. The van der Waals surface area contributed by atoms with Crippen LogP contribution < -0.4 is 11.1 Å². The van der Waals surface area contributed by atoms with Gasteiger partial charge in [-0.15, -0.1) is 0 Å². The lowest BCUT2D eigenvalue weighted by molar-refractivity contribution is 0.0923. The first kappa shape index (κ1) is 11.6. The summed E-state index contributed by atoms with van der Waals surface area (Å²) >= 11 is 0. The Morgan fingerprint density at radius 1 is 1.32 bits per heavy atom. The van der Waals surface area contributed by atoms with E-state index in [1.165, 1.54) is 18.3 Å². The molecule has 1 unspecified atom stereocenters. The highest BCUT2D eigenvalue weighted by Gasteiger charge is 2.26. The summed E-state index contributed by atoms with van der Waals surface area (Å²) in [6, 6.07) is 5.80. The Morgan fingerprint density at radius 3 is 2.79 bits per heavy atom. The van der Waals surface area contributed by atoms with Gasteiger partial charge in [-0.1, -0.05) is 12.1 Å². The van der Waals surface area contributed by atoms with Crippen LogP contribution in [0.15, 0.2) is 30.5 Å². The summed E-state index contributed by atoms with van der Waals surface area (Å²) < 4.78 is 12.9. The maximum Gasteiger partial charge on any atom is 0.255 e. The minimum atomic E-state index is -0.308. The number of hydrogen-bond acceptors (Lipinski definition) is 4. The van der Waals surface area contributed by atoms with Crippen molar-refractivity contribution >= 4 is 11.9 Å². The van der Waals surface area contributed by atoms with Crippen LogP contribution in [0.2, 0.25) is 0 Å². The fraction of sp³-hybridized carbons (Fsp3) is 0.154. The summed E-state index contributed by atoms with van der Waals surface area (Å²) in [7, 11) is 0. The van der Waals surface area contributed by atoms with Gasteiger partial charge in [0.15, 0.2) is 0 Å². The molecule has 3 rings (SSSR count). The molecule has 0 fully saturated rings. The van der Waals surface area contributed by atoms with E-state index in [1.807, 2.05) is 0 Å². The Labute approximate surface area is 108 Å². The first-order valence-electron chi connectivity index (χ1n) is 5.81. The van der Waals surface area contributed by atoms with E-state index in [-0.39, 0.29) is 23.7 Å². The van der Waals surface area contributed by atoms with Gasteiger partial charge < -0.3 is 11.1 Å². The van der Waals surface area contributed by atoms with E-state index in [2.05, 4.69) is 15.3 Å². The number of hydrogen-bond donors (Lipinski definition) is 2. The molecule has 0 saturated carbocycles. The molecule has 3 N–H and O–H groups in total. The fourth-order valence-electron chi connectivity index (χ4n) is 2.15. The van der Waals surface area contributed by atoms with Crippen molar-refractivity contribution in [2.45, 2.75) is 12.5 Å². The predicted molar refractivity (Wildman–Crippen MR) is 66.8 cm³/mol. The molecule has 2 heterocycles. The Balaban J connectivity index is 1.96. The smallest absolute Gasteiger partial charge is 0.255 e. The molecule has 0 aliphatic carbocycles. The maximum atomic E-state index is 12.9. The number of anilines is 1. The van der Waals surface area contributed by atoms with E-state index in [0.29, 0.717) is 17.7 Å². The van der Waals surface area contributed by atoms with Gasteiger partial charge in [0.2, 0.25) is 5.95 Å². The number of nitrogens with one attached hydrogen (secondary N) is 1. The molecule has 1 aliphatic heterocycles. The standard InChI is InChI=1S/C13H11FN4O/c14-8-3-1-7(2-4-8)10-5-11-9(12(19)17-10)6-16-13(15)18-11/h1-4,6,10H,5H2,(H,17,19)(H2,15,16,18). The number of amides is 1. The molecule has 96 valence electrons. The van der Waals surface area contributed by atoms with Crippen LogP contribution in [0, 0.1) is 5.82 Å². The highest BCUT2D eigenvalue weighted by Crippen LogP contribution is 2.24. The van der Waals surface area contributed by atoms with Crippen LogP contribution in [0.25, 0.3) is 0 Å². The van der Waals surface area contributed by atoms with E-state index >= 15 is 0 Å². The summed E-state index contributed by atoms with van der Waals surface area (Å²) in [5, 5.41) is 2.85. The monoisotopic (exact) mass is 258 g/mol. The Bertz CT molecular complexity index is 642. The SMILES string of the molecule is Nc1ncc2c(n1)CC(c1ccc(F)cc1)NC2=O. The van der Waals surface area contributed by atoms with Gasteiger partial charge in [0, 0.05) is 12.6 Å². The molecule has 5 nitrogen and oxygen atoms in total. The number of nitrogens with zero attached hydrogens (tertiary/aromatic N) is 2. The van der Waals surface area contributed by atoms with Gasteiger partial charge in [0.05, 0.1) is 17.3 Å². The molecule has 1 aromatic heterocycles. The van der Waals surface area contributed by atoms with Gasteiger partial charge >= 0.3 is 0 Å². The lowest BCUT2D eigenvalue weighted by atomic mass is 9.95. The molecule has 2 aromatic rings. The maximum absolute atomic E-state index is 12.9. The first-order valence-corrected chi connectivity index (χ1v) is 5.81. The van der Waals surface area contributed by atoms with Crippen molar-refractivity contribution in [3.63, 3.8) is 0 Å². The second kappa shape index (κ2) is 4.31. The number of fused-ring (bicyclic) bond motifs is 1. The molecule has 0 saturated heterocycles. The zero-order valence-corrected chi connectivity index (χ0v) is 9.93. The van der Waals surface area contributed by atoms with Crippen molar-refractivity contribution in [1.29, 1.82) is 0 Å². The minimum absolute atomic E-state index is 0.145. The molecule has 19 heavy (non-hydrogen) atoms. The topological polar surface area (TPSA) is 80.9 Å². The molecule has 0 radical (unpaired) electrons. The van der Waals surface area contributed by atoms with Gasteiger partial charge in [-0.3, -0.25) is 4.79 Å². The van der Waals surface area contributed by atoms with Crippen molar-refractivity contribution < 1.29 is 9.18 Å². The Hall–Kier alpha value is -2.50. The zero-order chi connectivity index (χ0) is 13.4. The van der Waals surface area contributed by atoms with Crippen molar-refractivity contribution in [2.24, 2.45) is 0 Å². The lowest BCUT2D eigenvalue weighted by Gasteiger charge is -2.25. The average Bonchev–Trinajstić information content (AvgIpc) is 2.38.